The Bertz CT molecular complexity index is 1140. The van der Waals surface area contributed by atoms with E-state index in [-0.39, 0.29) is 18.5 Å². The summed E-state index contributed by atoms with van der Waals surface area (Å²) in [4.78, 5) is 28.1. The Labute approximate surface area is 218 Å². The predicted octanol–water partition coefficient (Wildman–Crippen LogP) is 4.45. The molecule has 0 saturated heterocycles. The molecule has 1 saturated carbocycles. The van der Waals surface area contributed by atoms with E-state index in [1.54, 1.807) is 31.2 Å². The molecule has 3 rings (SSSR count). The van der Waals surface area contributed by atoms with Crippen molar-refractivity contribution in [3.63, 3.8) is 0 Å². The van der Waals surface area contributed by atoms with Crippen molar-refractivity contribution in [3.05, 3.63) is 63.0 Å². The maximum absolute atomic E-state index is 13.6. The topological polar surface area (TPSA) is 86.8 Å². The summed E-state index contributed by atoms with van der Waals surface area (Å²) < 4.78 is 27.7. The fourth-order valence-corrected chi connectivity index (χ4v) is 5.98. The molecule has 1 aliphatic carbocycles. The zero-order valence-corrected chi connectivity index (χ0v) is 23.2. The van der Waals surface area contributed by atoms with E-state index in [2.05, 4.69) is 37.2 Å². The zero-order valence-electron chi connectivity index (χ0n) is 19.2. The first-order valence-corrected chi connectivity index (χ1v) is 14.6. The normalized spacial score (nSPS) is 15.1. The number of amides is 2. The van der Waals surface area contributed by atoms with Crippen molar-refractivity contribution in [1.82, 2.24) is 10.2 Å². The molecule has 2 amide bonds. The fourth-order valence-electron chi connectivity index (χ4n) is 4.06. The second kappa shape index (κ2) is 11.7. The minimum atomic E-state index is -3.77. The number of anilines is 1. The van der Waals surface area contributed by atoms with E-state index in [1.807, 2.05) is 24.3 Å². The molecule has 2 aromatic carbocycles. The monoisotopic (exact) mass is 613 g/mol. The number of rotatable bonds is 9. The molecule has 0 radical (unpaired) electrons. The van der Waals surface area contributed by atoms with Crippen LogP contribution in [0.3, 0.4) is 0 Å². The summed E-state index contributed by atoms with van der Waals surface area (Å²) in [5, 5.41) is 3.05. The van der Waals surface area contributed by atoms with Gasteiger partial charge >= 0.3 is 0 Å². The van der Waals surface area contributed by atoms with Crippen molar-refractivity contribution >= 4 is 59.4 Å². The molecule has 1 atom stereocenters. The molecule has 34 heavy (non-hydrogen) atoms. The lowest BCUT2D eigenvalue weighted by Gasteiger charge is -2.32. The first kappa shape index (κ1) is 26.7. The Hall–Kier alpha value is -1.91. The highest BCUT2D eigenvalue weighted by atomic mass is 79.9. The lowest BCUT2D eigenvalue weighted by Crippen LogP contribution is -2.52. The number of hydrogen-bond acceptors (Lipinski definition) is 4. The summed E-state index contributed by atoms with van der Waals surface area (Å²) in [6, 6.07) is 13.7. The Kier molecular flexibility index (Phi) is 9.17. The molecule has 0 bridgehead atoms. The van der Waals surface area contributed by atoms with E-state index in [4.69, 9.17) is 0 Å². The van der Waals surface area contributed by atoms with Crippen molar-refractivity contribution in [2.24, 2.45) is 0 Å². The zero-order chi connectivity index (χ0) is 24.9. The van der Waals surface area contributed by atoms with Crippen LogP contribution in [0.25, 0.3) is 0 Å². The highest BCUT2D eigenvalue weighted by molar-refractivity contribution is 9.10. The molecule has 0 spiro atoms. The molecule has 0 unspecified atom stereocenters. The van der Waals surface area contributed by atoms with Crippen LogP contribution in [0.15, 0.2) is 57.5 Å². The van der Waals surface area contributed by atoms with Crippen LogP contribution in [-0.4, -0.2) is 50.0 Å². The van der Waals surface area contributed by atoms with Crippen molar-refractivity contribution in [3.8, 4) is 0 Å². The highest BCUT2D eigenvalue weighted by Gasteiger charge is 2.31. The minimum Gasteiger partial charge on any atom is -0.352 e. The average Bonchev–Trinajstić information content (AvgIpc) is 3.28. The third-order valence-corrected chi connectivity index (χ3v) is 8.20. The standard InChI is InChI=1S/C24H29Br2N3O4S/c1-17(24(31)27-20-10-3-4-11-20)28(15-18-8-7-9-19(25)14-18)23(30)16-29(34(2,32)33)22-13-6-5-12-21(22)26/h5-9,12-14,17,20H,3-4,10-11,15-16H2,1-2H3,(H,27,31)/t17-/m1/s1. The van der Waals surface area contributed by atoms with E-state index < -0.39 is 28.5 Å². The van der Waals surface area contributed by atoms with Crippen LogP contribution < -0.4 is 9.62 Å². The number of sulfonamides is 1. The average molecular weight is 615 g/mol. The van der Waals surface area contributed by atoms with E-state index in [0.29, 0.717) is 10.2 Å². The van der Waals surface area contributed by atoms with Gasteiger partial charge in [0.1, 0.15) is 12.6 Å². The second-order valence-electron chi connectivity index (χ2n) is 8.54. The number of nitrogens with zero attached hydrogens (tertiary/aromatic N) is 2. The van der Waals surface area contributed by atoms with Crippen LogP contribution in [0.4, 0.5) is 5.69 Å². The number of hydrogen-bond donors (Lipinski definition) is 1. The van der Waals surface area contributed by atoms with Gasteiger partial charge in [0.25, 0.3) is 0 Å². The number of para-hydroxylation sites is 1. The molecule has 2 aromatic rings. The van der Waals surface area contributed by atoms with Gasteiger partial charge in [0, 0.05) is 21.5 Å². The van der Waals surface area contributed by atoms with Crippen LogP contribution in [0.2, 0.25) is 0 Å². The van der Waals surface area contributed by atoms with Crippen LogP contribution in [0.1, 0.15) is 38.2 Å². The molecule has 1 fully saturated rings. The maximum Gasteiger partial charge on any atom is 0.244 e. The molecule has 0 aromatic heterocycles. The SMILES string of the molecule is C[C@H](C(=O)NC1CCCC1)N(Cc1cccc(Br)c1)C(=O)CN(c1ccccc1Br)S(C)(=O)=O. The molecule has 1 N–H and O–H groups in total. The number of carbonyl (C=O) groups excluding carboxylic acids is 2. The summed E-state index contributed by atoms with van der Waals surface area (Å²) in [5.74, 6) is -0.697. The van der Waals surface area contributed by atoms with Gasteiger partial charge in [-0.25, -0.2) is 8.42 Å². The molecule has 1 aliphatic rings. The van der Waals surface area contributed by atoms with E-state index in [1.165, 1.54) is 4.90 Å². The van der Waals surface area contributed by atoms with Gasteiger partial charge in [0.15, 0.2) is 0 Å². The van der Waals surface area contributed by atoms with Gasteiger partial charge in [0.05, 0.1) is 11.9 Å². The van der Waals surface area contributed by atoms with Gasteiger partial charge < -0.3 is 10.2 Å². The van der Waals surface area contributed by atoms with Crippen molar-refractivity contribution in [2.75, 3.05) is 17.1 Å². The summed E-state index contributed by atoms with van der Waals surface area (Å²) in [6.07, 6.45) is 5.09. The predicted molar refractivity (Wildman–Crippen MR) is 141 cm³/mol. The molecular formula is C24H29Br2N3O4S. The summed E-state index contributed by atoms with van der Waals surface area (Å²) >= 11 is 6.82. The highest BCUT2D eigenvalue weighted by Crippen LogP contribution is 2.28. The van der Waals surface area contributed by atoms with Crippen LogP contribution in [0, 0.1) is 0 Å². The quantitative estimate of drug-likeness (QED) is 0.452. The van der Waals surface area contributed by atoms with E-state index in [0.717, 1.165) is 46.3 Å². The number of carbonyl (C=O) groups is 2. The Morgan fingerprint density at radius 1 is 1.09 bits per heavy atom. The van der Waals surface area contributed by atoms with Gasteiger partial charge in [-0.1, -0.05) is 53.0 Å². The molecule has 10 heteroatoms. The Morgan fingerprint density at radius 2 is 1.76 bits per heavy atom. The Balaban J connectivity index is 1.89. The first-order valence-electron chi connectivity index (χ1n) is 11.1. The molecular weight excluding hydrogens is 586 g/mol. The Morgan fingerprint density at radius 3 is 2.38 bits per heavy atom. The second-order valence-corrected chi connectivity index (χ2v) is 12.2. The van der Waals surface area contributed by atoms with Crippen LogP contribution in [-0.2, 0) is 26.2 Å². The molecule has 184 valence electrons. The van der Waals surface area contributed by atoms with E-state index in [9.17, 15) is 18.0 Å². The summed E-state index contributed by atoms with van der Waals surface area (Å²) in [7, 11) is -3.77. The van der Waals surface area contributed by atoms with Crippen molar-refractivity contribution in [2.45, 2.75) is 51.2 Å². The number of halogens is 2. The number of benzene rings is 2. The van der Waals surface area contributed by atoms with Crippen molar-refractivity contribution < 1.29 is 18.0 Å². The lowest BCUT2D eigenvalue weighted by molar-refractivity contribution is -0.139. The fraction of sp³-hybridized carbons (Fsp3) is 0.417. The van der Waals surface area contributed by atoms with Gasteiger partial charge in [-0.2, -0.15) is 0 Å². The van der Waals surface area contributed by atoms with E-state index >= 15 is 0 Å². The lowest BCUT2D eigenvalue weighted by atomic mass is 10.1. The molecule has 0 aliphatic heterocycles. The summed E-state index contributed by atoms with van der Waals surface area (Å²) in [6.45, 7) is 1.44. The van der Waals surface area contributed by atoms with Gasteiger partial charge in [-0.05, 0) is 65.5 Å². The minimum absolute atomic E-state index is 0.116. The number of nitrogens with one attached hydrogen (secondary N) is 1. The van der Waals surface area contributed by atoms with Crippen molar-refractivity contribution in [1.29, 1.82) is 0 Å². The van der Waals surface area contributed by atoms with Gasteiger partial charge in [-0.3, -0.25) is 13.9 Å². The van der Waals surface area contributed by atoms with Gasteiger partial charge in [0.2, 0.25) is 21.8 Å². The molecule has 0 heterocycles. The third kappa shape index (κ3) is 7.05. The first-order chi connectivity index (χ1) is 16.1. The van der Waals surface area contributed by atoms with Crippen LogP contribution >= 0.6 is 31.9 Å². The summed E-state index contributed by atoms with van der Waals surface area (Å²) in [5.41, 5.74) is 1.19. The third-order valence-electron chi connectivity index (χ3n) is 5.91. The van der Waals surface area contributed by atoms with Gasteiger partial charge in [-0.15, -0.1) is 0 Å². The largest absolute Gasteiger partial charge is 0.352 e. The van der Waals surface area contributed by atoms with Crippen LogP contribution in [0.5, 0.6) is 0 Å². The molecule has 7 nitrogen and oxygen atoms in total. The smallest absolute Gasteiger partial charge is 0.244 e. The maximum atomic E-state index is 13.6.